The number of benzene rings is 1. The summed E-state index contributed by atoms with van der Waals surface area (Å²) in [6, 6.07) is 4.01. The first kappa shape index (κ1) is 14.8. The third kappa shape index (κ3) is 2.67. The number of nitrogens with one attached hydrogen (secondary N) is 1. The summed E-state index contributed by atoms with van der Waals surface area (Å²) in [4.78, 5) is 22.7. The molecule has 0 aliphatic carbocycles. The molecule has 7 nitrogen and oxygen atoms in total. The summed E-state index contributed by atoms with van der Waals surface area (Å²) in [6.07, 6.45) is 0. The zero-order valence-electron chi connectivity index (χ0n) is 12.3. The van der Waals surface area contributed by atoms with Gasteiger partial charge in [-0.05, 0) is 33.8 Å². The number of aromatic nitrogens is 1. The number of carbonyl (C=O) groups is 1. The highest BCUT2D eigenvalue weighted by Crippen LogP contribution is 2.28. The van der Waals surface area contributed by atoms with E-state index in [4.69, 9.17) is 0 Å². The normalized spacial score (nSPS) is 11.6. The van der Waals surface area contributed by atoms with E-state index in [1.165, 1.54) is 18.2 Å². The maximum absolute atomic E-state index is 12.4. The summed E-state index contributed by atoms with van der Waals surface area (Å²) < 4.78 is 0.872. The number of amides is 1. The Morgan fingerprint density at radius 2 is 2.00 bits per heavy atom. The van der Waals surface area contributed by atoms with Crippen LogP contribution in [0, 0.1) is 17.0 Å². The first-order chi connectivity index (χ1) is 9.61. The van der Waals surface area contributed by atoms with Crippen LogP contribution >= 0.6 is 0 Å². The molecular weight excluding hydrogens is 274 g/mol. The van der Waals surface area contributed by atoms with E-state index in [2.05, 4.69) is 5.32 Å². The van der Waals surface area contributed by atoms with Crippen LogP contribution < -0.4 is 5.32 Å². The Morgan fingerprint density at radius 1 is 1.38 bits per heavy atom. The van der Waals surface area contributed by atoms with Gasteiger partial charge in [0, 0.05) is 23.1 Å². The molecule has 0 fully saturated rings. The minimum atomic E-state index is -0.533. The molecule has 1 amide bonds. The molecule has 0 saturated carbocycles. The second-order valence-corrected chi connectivity index (χ2v) is 5.93. The van der Waals surface area contributed by atoms with Gasteiger partial charge in [-0.25, -0.2) is 0 Å². The predicted octanol–water partition coefficient (Wildman–Crippen LogP) is 2.62. The van der Waals surface area contributed by atoms with Gasteiger partial charge in [-0.3, -0.25) is 14.9 Å². The molecule has 0 radical (unpaired) electrons. The molecule has 0 unspecified atom stereocenters. The van der Waals surface area contributed by atoms with Crippen LogP contribution in [0.25, 0.3) is 10.9 Å². The number of fused-ring (bicyclic) bond motifs is 1. The van der Waals surface area contributed by atoms with Gasteiger partial charge in [-0.1, -0.05) is 0 Å². The number of nitro benzene ring substituents is 1. The molecule has 0 aliphatic rings. The van der Waals surface area contributed by atoms with E-state index in [0.29, 0.717) is 16.6 Å². The van der Waals surface area contributed by atoms with Crippen LogP contribution in [-0.4, -0.2) is 26.3 Å². The maximum atomic E-state index is 12.4. The Labute approximate surface area is 121 Å². The Bertz CT molecular complexity index is 741. The number of non-ortho nitro benzene ring substituents is 1. The molecule has 21 heavy (non-hydrogen) atoms. The number of hydrogen-bond donors (Lipinski definition) is 2. The van der Waals surface area contributed by atoms with Crippen LogP contribution in [0.5, 0.6) is 0 Å². The van der Waals surface area contributed by atoms with Crippen molar-refractivity contribution in [3.63, 3.8) is 0 Å². The summed E-state index contributed by atoms with van der Waals surface area (Å²) in [5, 5.41) is 24.1. The van der Waals surface area contributed by atoms with Crippen LogP contribution in [0.2, 0.25) is 0 Å². The largest absolute Gasteiger partial charge is 0.428 e. The Morgan fingerprint density at radius 3 is 2.52 bits per heavy atom. The summed E-state index contributed by atoms with van der Waals surface area (Å²) in [6.45, 7) is 7.09. The average molecular weight is 291 g/mol. The molecule has 2 aromatic rings. The minimum absolute atomic E-state index is 0.127. The second-order valence-electron chi connectivity index (χ2n) is 5.93. The van der Waals surface area contributed by atoms with Gasteiger partial charge >= 0.3 is 0 Å². The van der Waals surface area contributed by atoms with Gasteiger partial charge in [0.15, 0.2) is 0 Å². The SMILES string of the molecule is Cc1c(C(=O)NC(C)(C)C)c2cc([N+](=O)[O-])ccc2n1O. The van der Waals surface area contributed by atoms with E-state index < -0.39 is 10.5 Å². The molecule has 0 aliphatic heterocycles. The van der Waals surface area contributed by atoms with Crippen LogP contribution in [-0.2, 0) is 0 Å². The molecule has 1 aromatic carbocycles. The van der Waals surface area contributed by atoms with Gasteiger partial charge in [-0.2, -0.15) is 4.73 Å². The van der Waals surface area contributed by atoms with Gasteiger partial charge in [0.1, 0.15) is 0 Å². The Kier molecular flexibility index (Phi) is 3.36. The van der Waals surface area contributed by atoms with Crippen LogP contribution in [0.3, 0.4) is 0 Å². The van der Waals surface area contributed by atoms with Gasteiger partial charge in [0.25, 0.3) is 11.6 Å². The van der Waals surface area contributed by atoms with Gasteiger partial charge in [0.2, 0.25) is 0 Å². The quantitative estimate of drug-likeness (QED) is 0.505. The number of nitro groups is 1. The smallest absolute Gasteiger partial charge is 0.270 e. The molecule has 0 saturated heterocycles. The van der Waals surface area contributed by atoms with Crippen molar-refractivity contribution >= 4 is 22.5 Å². The molecular formula is C14H17N3O4. The lowest BCUT2D eigenvalue weighted by Gasteiger charge is -2.20. The molecule has 0 spiro atoms. The van der Waals surface area contributed by atoms with Crippen molar-refractivity contribution in [3.05, 3.63) is 39.6 Å². The molecule has 1 aromatic heterocycles. The molecule has 2 rings (SSSR count). The summed E-state index contributed by atoms with van der Waals surface area (Å²) in [5.74, 6) is -0.377. The Balaban J connectivity index is 2.66. The molecule has 0 atom stereocenters. The highest BCUT2D eigenvalue weighted by molar-refractivity contribution is 6.09. The standard InChI is InChI=1S/C14H17N3O4/c1-8-12(13(18)15-14(2,3)4)10-7-9(17(20)21)5-6-11(10)16(8)19/h5-7,19H,1-4H3,(H,15,18). The molecule has 112 valence electrons. The number of hydrogen-bond acceptors (Lipinski definition) is 4. The number of carbonyl (C=O) groups excluding carboxylic acids is 1. The molecule has 2 N–H and O–H groups in total. The maximum Gasteiger partial charge on any atom is 0.270 e. The van der Waals surface area contributed by atoms with E-state index in [0.717, 1.165) is 4.73 Å². The van der Waals surface area contributed by atoms with Crippen molar-refractivity contribution in [1.29, 1.82) is 0 Å². The number of nitrogens with zero attached hydrogens (tertiary/aromatic N) is 2. The lowest BCUT2D eigenvalue weighted by Crippen LogP contribution is -2.40. The monoisotopic (exact) mass is 291 g/mol. The Hall–Kier alpha value is -2.57. The molecule has 0 bridgehead atoms. The highest BCUT2D eigenvalue weighted by Gasteiger charge is 2.24. The van der Waals surface area contributed by atoms with E-state index in [1.807, 2.05) is 20.8 Å². The van der Waals surface area contributed by atoms with Gasteiger partial charge in [0.05, 0.1) is 21.7 Å². The molecule has 7 heteroatoms. The predicted molar refractivity (Wildman–Crippen MR) is 77.7 cm³/mol. The van der Waals surface area contributed by atoms with Gasteiger partial charge in [-0.15, -0.1) is 0 Å². The lowest BCUT2D eigenvalue weighted by atomic mass is 10.1. The fourth-order valence-electron chi connectivity index (χ4n) is 2.19. The van der Waals surface area contributed by atoms with E-state index in [9.17, 15) is 20.1 Å². The van der Waals surface area contributed by atoms with Crippen LogP contribution in [0.4, 0.5) is 5.69 Å². The summed E-state index contributed by atoms with van der Waals surface area (Å²) in [5.41, 5.74) is 0.363. The third-order valence-corrected chi connectivity index (χ3v) is 3.08. The fraction of sp³-hybridized carbons (Fsp3) is 0.357. The summed E-state index contributed by atoms with van der Waals surface area (Å²) in [7, 11) is 0. The van der Waals surface area contributed by atoms with E-state index >= 15 is 0 Å². The first-order valence-electron chi connectivity index (χ1n) is 6.43. The third-order valence-electron chi connectivity index (χ3n) is 3.08. The highest BCUT2D eigenvalue weighted by atomic mass is 16.6. The van der Waals surface area contributed by atoms with Crippen molar-refractivity contribution in [3.8, 4) is 0 Å². The summed E-state index contributed by atoms with van der Waals surface area (Å²) >= 11 is 0. The van der Waals surface area contributed by atoms with Crippen molar-refractivity contribution in [1.82, 2.24) is 10.0 Å². The van der Waals surface area contributed by atoms with Crippen LogP contribution in [0.15, 0.2) is 18.2 Å². The zero-order chi connectivity index (χ0) is 15.9. The average Bonchev–Trinajstić information content (AvgIpc) is 2.59. The topological polar surface area (TPSA) is 97.4 Å². The lowest BCUT2D eigenvalue weighted by molar-refractivity contribution is -0.384. The zero-order valence-corrected chi connectivity index (χ0v) is 12.3. The van der Waals surface area contributed by atoms with E-state index in [1.54, 1.807) is 6.92 Å². The minimum Gasteiger partial charge on any atom is -0.428 e. The first-order valence-corrected chi connectivity index (χ1v) is 6.43. The van der Waals surface area contributed by atoms with Crippen LogP contribution in [0.1, 0.15) is 36.8 Å². The second kappa shape index (κ2) is 4.76. The van der Waals surface area contributed by atoms with Gasteiger partial charge < -0.3 is 10.5 Å². The molecule has 1 heterocycles. The van der Waals surface area contributed by atoms with Crippen molar-refractivity contribution in [2.45, 2.75) is 33.2 Å². The van der Waals surface area contributed by atoms with Crippen molar-refractivity contribution in [2.24, 2.45) is 0 Å². The van der Waals surface area contributed by atoms with E-state index in [-0.39, 0.29) is 17.2 Å². The van der Waals surface area contributed by atoms with Crippen molar-refractivity contribution < 1.29 is 14.9 Å². The fourth-order valence-corrected chi connectivity index (χ4v) is 2.19. The van der Waals surface area contributed by atoms with Crippen molar-refractivity contribution in [2.75, 3.05) is 0 Å². The number of rotatable bonds is 2.